The maximum Gasteiger partial charge on any atom is 0.306 e. The molecular weight excluding hydrogens is 1560 g/mol. The number of nitrogens with zero attached hydrogens (tertiary/aromatic N) is 1. The summed E-state index contributed by atoms with van der Waals surface area (Å²) in [4.78, 5) is 150. The zero-order chi connectivity index (χ0) is 88.6. The minimum atomic E-state index is -1.47. The van der Waals surface area contributed by atoms with Crippen molar-refractivity contribution in [1.29, 1.82) is 0 Å². The van der Waals surface area contributed by atoms with Gasteiger partial charge in [0.25, 0.3) is 0 Å². The number of ketones is 4. The number of rotatable bonds is 44. The molecule has 1 saturated heterocycles. The lowest BCUT2D eigenvalue weighted by atomic mass is 9.84. The van der Waals surface area contributed by atoms with Gasteiger partial charge in [-0.25, -0.2) is 0 Å². The number of nitrogens with two attached hydrogens (primary N) is 1. The van der Waals surface area contributed by atoms with Gasteiger partial charge in [-0.15, -0.1) is 11.8 Å². The van der Waals surface area contributed by atoms with Gasteiger partial charge in [-0.1, -0.05) is 174 Å². The monoisotopic (exact) mass is 1690 g/mol. The van der Waals surface area contributed by atoms with Gasteiger partial charge in [0.05, 0.1) is 46.1 Å². The van der Waals surface area contributed by atoms with Crippen LogP contribution in [-0.2, 0) is 81.4 Å². The van der Waals surface area contributed by atoms with E-state index in [0.29, 0.717) is 17.1 Å². The Kier molecular flexibility index (Phi) is 36.3. The van der Waals surface area contributed by atoms with Gasteiger partial charge in [0, 0.05) is 80.5 Å². The van der Waals surface area contributed by atoms with Crippen LogP contribution in [0.2, 0.25) is 5.02 Å². The first-order chi connectivity index (χ1) is 56.3. The Balaban J connectivity index is 1.20. The van der Waals surface area contributed by atoms with Crippen LogP contribution in [0.1, 0.15) is 222 Å². The molecule has 652 valence electrons. The molecule has 0 aliphatic carbocycles. The van der Waals surface area contributed by atoms with Crippen molar-refractivity contribution in [2.45, 2.75) is 272 Å². The fourth-order valence-corrected chi connectivity index (χ4v) is 16.8. The first kappa shape index (κ1) is 97.9. The maximum absolute atomic E-state index is 16.5. The molecule has 0 saturated carbocycles. The molecule has 6 aromatic rings. The molecule has 23 heteroatoms. The Morgan fingerprint density at radius 1 is 0.542 bits per heavy atom. The molecule has 1 fully saturated rings. The molecule has 0 radical (unpaired) electrons. The minimum Gasteiger partial charge on any atom is -0.506 e. The van der Waals surface area contributed by atoms with Crippen molar-refractivity contribution in [2.24, 2.45) is 41.2 Å². The Morgan fingerprint density at radius 2 is 1.02 bits per heavy atom. The lowest BCUT2D eigenvalue weighted by molar-refractivity contribution is -0.155. The summed E-state index contributed by atoms with van der Waals surface area (Å²) in [5, 5.41) is 22.5. The lowest BCUT2D eigenvalue weighted by Gasteiger charge is -2.37. The van der Waals surface area contributed by atoms with Crippen molar-refractivity contribution >= 4 is 82.0 Å². The highest BCUT2D eigenvalue weighted by Gasteiger charge is 2.47. The van der Waals surface area contributed by atoms with Crippen LogP contribution in [0.5, 0.6) is 17.2 Å². The third-order valence-corrected chi connectivity index (χ3v) is 23.2. The van der Waals surface area contributed by atoms with E-state index >= 15 is 19.2 Å². The molecular formula is C97H131ClN6O15S. The van der Waals surface area contributed by atoms with Crippen LogP contribution in [0, 0.1) is 35.5 Å². The Labute approximate surface area is 721 Å². The van der Waals surface area contributed by atoms with Gasteiger partial charge in [-0.2, -0.15) is 0 Å². The van der Waals surface area contributed by atoms with Crippen molar-refractivity contribution in [2.75, 3.05) is 18.8 Å². The third-order valence-electron chi connectivity index (χ3n) is 21.2. The van der Waals surface area contributed by atoms with Crippen molar-refractivity contribution < 1.29 is 72.0 Å². The summed E-state index contributed by atoms with van der Waals surface area (Å²) >= 11 is 7.89. The number of Topliss-reactive ketones (excluding diaryl/α,β-unsaturated/α-hetero) is 4. The standard InChI is InChI=1S/C97H131ClN6O15S/c1-19-62(5)63(6)101-90(113)70(49-64-36-42-75(43-37-64)116-93(7,8)9)55-85(108)80(20-2)102-91(114)68(48-61(3)4)53-74(105)58-100-88(111)69(50-66-40-46-83(106)78(98)51-66)56-86(109)82-57-77(118-95(13,14)15)59-104(82)92(115)81(60-120-97(71-30-24-21-25-31-71,72-32-26-22-27-33-72)73-34-28-23-29-35-73)103-89(112)67(41-47-87(110)119-96(16,17)18)54-84(107)79(99)52-65-38-44-76(45-39-65)117-94(10,11)12/h21-40,42-46,51,61-63,67-70,77,79-82,106H,19-20,41,47-50,52-60,99H2,1-18H3,(H,100,111)(H,101,113)(H,102,114)(H,103,112)/t62?,63-,67+,68-,69-,70-,77-,79+,80+,81+,82+/m1/s1. The molecule has 1 heterocycles. The number of ether oxygens (including phenoxy) is 4. The van der Waals surface area contributed by atoms with Crippen LogP contribution in [0.3, 0.4) is 0 Å². The quantitative estimate of drug-likeness (QED) is 0.0153. The third kappa shape index (κ3) is 31.0. The first-order valence-corrected chi connectivity index (χ1v) is 43.8. The van der Waals surface area contributed by atoms with E-state index in [4.69, 9.17) is 36.3 Å². The number of phenols is 1. The van der Waals surface area contributed by atoms with Crippen molar-refractivity contribution in [3.8, 4) is 17.2 Å². The van der Waals surface area contributed by atoms with E-state index < -0.39 is 147 Å². The SMILES string of the molecule is CCC(C)[C@@H](C)NC(=O)[C@@H](CC(=O)[C@H](CC)NC(=O)[C@@H](CC(=O)CNC(=O)[C@@H](CC(=O)[C@@H]1C[C@@H](OC(C)(C)C)CN1C(=O)[C@H](CSC(c1ccccc1)(c1ccccc1)c1ccccc1)NC(=O)[C@@H](CCC(=O)OC(C)(C)C)CC(=O)[C@@H](N)Cc1ccc(OC(C)(C)C)cc1)Cc1ccc(O)c(Cl)c1)CC(C)C)Cc1ccc(OC(C)(C)C)cc1. The van der Waals surface area contributed by atoms with Crippen LogP contribution in [-0.4, -0.2) is 146 Å². The summed E-state index contributed by atoms with van der Waals surface area (Å²) < 4.78 is 23.4. The van der Waals surface area contributed by atoms with Gasteiger partial charge >= 0.3 is 5.97 Å². The number of hydrogen-bond acceptors (Lipinski definition) is 17. The van der Waals surface area contributed by atoms with E-state index in [1.165, 1.54) is 28.8 Å². The summed E-state index contributed by atoms with van der Waals surface area (Å²) in [7, 11) is 0. The second-order valence-electron chi connectivity index (χ2n) is 36.6. The molecule has 0 spiro atoms. The predicted molar refractivity (Wildman–Crippen MR) is 473 cm³/mol. The molecule has 120 heavy (non-hydrogen) atoms. The van der Waals surface area contributed by atoms with Gasteiger partial charge in [0.1, 0.15) is 40.1 Å². The number of thioether (sulfide) groups is 1. The van der Waals surface area contributed by atoms with Gasteiger partial charge < -0.3 is 56.0 Å². The summed E-state index contributed by atoms with van der Waals surface area (Å²) in [5.41, 5.74) is 8.69. The van der Waals surface area contributed by atoms with Gasteiger partial charge in [-0.05, 0) is 210 Å². The number of esters is 1. The molecule has 11 atom stereocenters. The van der Waals surface area contributed by atoms with Crippen LogP contribution in [0.25, 0.3) is 0 Å². The summed E-state index contributed by atoms with van der Waals surface area (Å²) in [6.07, 6.45) is -1.20. The molecule has 0 aromatic heterocycles. The van der Waals surface area contributed by atoms with Crippen LogP contribution in [0.15, 0.2) is 158 Å². The number of amides is 5. The van der Waals surface area contributed by atoms with Gasteiger partial charge in [0.2, 0.25) is 29.5 Å². The second-order valence-corrected chi connectivity index (χ2v) is 38.3. The molecule has 1 aliphatic rings. The summed E-state index contributed by atoms with van der Waals surface area (Å²) in [6, 6.07) is 43.3. The highest BCUT2D eigenvalue weighted by atomic mass is 35.5. The molecule has 0 bridgehead atoms. The number of carbonyl (C=O) groups is 10. The first-order valence-electron chi connectivity index (χ1n) is 42.4. The smallest absolute Gasteiger partial charge is 0.306 e. The predicted octanol–water partition coefficient (Wildman–Crippen LogP) is 15.8. The number of hydrogen-bond donors (Lipinski definition) is 6. The van der Waals surface area contributed by atoms with Gasteiger partial charge in [0.15, 0.2) is 23.1 Å². The number of benzene rings is 6. The van der Waals surface area contributed by atoms with Crippen molar-refractivity contribution in [1.82, 2.24) is 26.2 Å². The van der Waals surface area contributed by atoms with Crippen molar-refractivity contribution in [3.05, 3.63) is 196 Å². The topological polar surface area (TPSA) is 305 Å². The fourth-order valence-electron chi connectivity index (χ4n) is 15.0. The molecule has 1 unspecified atom stereocenters. The fraction of sp³-hybridized carbons (Fsp3) is 0.526. The molecule has 5 amide bonds. The van der Waals surface area contributed by atoms with E-state index in [0.717, 1.165) is 34.2 Å². The zero-order valence-electron chi connectivity index (χ0n) is 73.7. The number of nitrogens with one attached hydrogen (secondary N) is 4. The van der Waals surface area contributed by atoms with Crippen LogP contribution < -0.4 is 36.5 Å². The average molecular weight is 1690 g/mol. The summed E-state index contributed by atoms with van der Waals surface area (Å²) in [5.74, 6) is -8.69. The molecule has 7 rings (SSSR count). The maximum atomic E-state index is 16.5. The number of aromatic hydroxyl groups is 1. The van der Waals surface area contributed by atoms with Crippen molar-refractivity contribution in [3.63, 3.8) is 0 Å². The number of likely N-dealkylation sites (tertiary alicyclic amines) is 1. The zero-order valence-corrected chi connectivity index (χ0v) is 75.3. The number of carbonyl (C=O) groups excluding carboxylic acids is 10. The van der Waals surface area contributed by atoms with Crippen LogP contribution >= 0.6 is 23.4 Å². The average Bonchev–Trinajstić information content (AvgIpc) is 0.924. The molecule has 7 N–H and O–H groups in total. The highest BCUT2D eigenvalue weighted by Crippen LogP contribution is 2.49. The number of phenolic OH excluding ortho intramolecular Hbond substituents is 1. The highest BCUT2D eigenvalue weighted by molar-refractivity contribution is 8.00. The molecule has 1 aliphatic heterocycles. The van der Waals surface area contributed by atoms with E-state index in [2.05, 4.69) is 21.3 Å². The second kappa shape index (κ2) is 44.5. The largest absolute Gasteiger partial charge is 0.506 e. The molecule has 6 aromatic carbocycles. The Bertz CT molecular complexity index is 4290. The normalized spacial score (nSPS) is 16.3. The Hall–Kier alpha value is -9.22. The lowest BCUT2D eigenvalue weighted by Crippen LogP contribution is -2.55. The number of halogens is 1. The van der Waals surface area contributed by atoms with Gasteiger partial charge in [-0.3, -0.25) is 47.9 Å². The van der Waals surface area contributed by atoms with E-state index in [-0.39, 0.29) is 117 Å². The van der Waals surface area contributed by atoms with E-state index in [1.54, 1.807) is 45.9 Å². The molecule has 21 nitrogen and oxygen atoms in total. The minimum absolute atomic E-state index is 0.0241. The summed E-state index contributed by atoms with van der Waals surface area (Å²) in [6.45, 7) is 33.3. The van der Waals surface area contributed by atoms with E-state index in [9.17, 15) is 33.9 Å². The van der Waals surface area contributed by atoms with E-state index in [1.807, 2.05) is 224 Å². The Morgan fingerprint density at radius 3 is 1.52 bits per heavy atom. The van der Waals surface area contributed by atoms with Crippen LogP contribution in [0.4, 0.5) is 0 Å².